The van der Waals surface area contributed by atoms with E-state index in [9.17, 15) is 9.18 Å². The lowest BCUT2D eigenvalue weighted by Gasteiger charge is -2.16. The minimum absolute atomic E-state index is 0.0655. The number of carboxylic acids is 1. The molecular weight excluding hydrogens is 257 g/mol. The van der Waals surface area contributed by atoms with Crippen LogP contribution >= 0.6 is 11.6 Å². The van der Waals surface area contributed by atoms with Crippen molar-refractivity contribution in [2.75, 3.05) is 0 Å². The van der Waals surface area contributed by atoms with Gasteiger partial charge in [-0.05, 0) is 30.0 Å². The highest BCUT2D eigenvalue weighted by Crippen LogP contribution is 2.15. The molecule has 0 saturated carbocycles. The van der Waals surface area contributed by atoms with Crippen LogP contribution in [0.2, 0.25) is 5.02 Å². The van der Waals surface area contributed by atoms with Crippen LogP contribution in [-0.2, 0) is 11.3 Å². The van der Waals surface area contributed by atoms with Crippen molar-refractivity contribution >= 4 is 17.6 Å². The number of hydrogen-bond acceptors (Lipinski definition) is 2. The second-order valence-corrected chi connectivity index (χ2v) is 5.06. The van der Waals surface area contributed by atoms with Gasteiger partial charge in [0.15, 0.2) is 0 Å². The maximum absolute atomic E-state index is 13.2. The maximum atomic E-state index is 13.2. The number of benzene rings is 1. The summed E-state index contributed by atoms with van der Waals surface area (Å²) < 4.78 is 13.2. The second-order valence-electron chi connectivity index (χ2n) is 4.65. The molecule has 1 aromatic carbocycles. The van der Waals surface area contributed by atoms with E-state index in [1.807, 2.05) is 13.8 Å². The van der Waals surface area contributed by atoms with Crippen LogP contribution in [0.4, 0.5) is 4.39 Å². The van der Waals surface area contributed by atoms with E-state index in [-0.39, 0.29) is 10.9 Å². The summed E-state index contributed by atoms with van der Waals surface area (Å²) in [5, 5.41) is 12.0. The summed E-state index contributed by atoms with van der Waals surface area (Å²) in [5.74, 6) is -1.11. The third-order valence-corrected chi connectivity index (χ3v) is 2.85. The fraction of sp³-hybridized carbons (Fsp3) is 0.462. The highest BCUT2D eigenvalue weighted by Gasteiger charge is 2.18. The molecule has 3 nitrogen and oxygen atoms in total. The van der Waals surface area contributed by atoms with E-state index in [4.69, 9.17) is 16.7 Å². The van der Waals surface area contributed by atoms with Gasteiger partial charge in [-0.2, -0.15) is 0 Å². The second kappa shape index (κ2) is 6.71. The number of aliphatic carboxylic acids is 1. The Bertz CT molecular complexity index is 423. The van der Waals surface area contributed by atoms with Gasteiger partial charge in [0, 0.05) is 6.54 Å². The predicted octanol–water partition coefficient (Wildman–Crippen LogP) is 3.07. The molecule has 0 saturated heterocycles. The lowest BCUT2D eigenvalue weighted by Crippen LogP contribution is -2.37. The van der Waals surface area contributed by atoms with Crippen molar-refractivity contribution in [1.82, 2.24) is 5.32 Å². The Kier molecular flexibility index (Phi) is 5.56. The molecule has 2 N–H and O–H groups in total. The molecule has 0 unspecified atom stereocenters. The third kappa shape index (κ3) is 4.63. The normalized spacial score (nSPS) is 12.7. The summed E-state index contributed by atoms with van der Waals surface area (Å²) in [4.78, 5) is 11.0. The van der Waals surface area contributed by atoms with Crippen molar-refractivity contribution in [3.63, 3.8) is 0 Å². The molecule has 0 amide bonds. The van der Waals surface area contributed by atoms with Gasteiger partial charge in [0.25, 0.3) is 0 Å². The first-order valence-corrected chi connectivity index (χ1v) is 6.18. The predicted molar refractivity (Wildman–Crippen MR) is 69.1 cm³/mol. The van der Waals surface area contributed by atoms with Gasteiger partial charge in [0.05, 0.1) is 5.02 Å². The Hall–Kier alpha value is -1.13. The van der Waals surface area contributed by atoms with Crippen LogP contribution in [0, 0.1) is 11.7 Å². The highest BCUT2D eigenvalue weighted by molar-refractivity contribution is 6.30. The van der Waals surface area contributed by atoms with Gasteiger partial charge in [-0.25, -0.2) is 4.39 Å². The minimum Gasteiger partial charge on any atom is -0.480 e. The summed E-state index contributed by atoms with van der Waals surface area (Å²) in [5.41, 5.74) is 0.673. The molecule has 0 aliphatic heterocycles. The lowest BCUT2D eigenvalue weighted by molar-refractivity contribution is -0.140. The summed E-state index contributed by atoms with van der Waals surface area (Å²) in [6.07, 6.45) is 0.533. The van der Waals surface area contributed by atoms with Gasteiger partial charge in [-0.1, -0.05) is 31.5 Å². The molecule has 5 heteroatoms. The number of carbonyl (C=O) groups is 1. The molecule has 0 bridgehead atoms. The van der Waals surface area contributed by atoms with E-state index < -0.39 is 17.8 Å². The van der Waals surface area contributed by atoms with Crippen LogP contribution in [0.1, 0.15) is 25.8 Å². The van der Waals surface area contributed by atoms with Crippen molar-refractivity contribution in [2.45, 2.75) is 32.9 Å². The molecule has 0 aliphatic carbocycles. The van der Waals surface area contributed by atoms with Gasteiger partial charge < -0.3 is 10.4 Å². The van der Waals surface area contributed by atoms with Crippen LogP contribution in [-0.4, -0.2) is 17.1 Å². The van der Waals surface area contributed by atoms with Gasteiger partial charge >= 0.3 is 5.97 Å². The minimum atomic E-state index is -0.891. The fourth-order valence-corrected chi connectivity index (χ4v) is 1.75. The summed E-state index contributed by atoms with van der Waals surface area (Å²) >= 11 is 5.57. The van der Waals surface area contributed by atoms with Crippen LogP contribution < -0.4 is 5.32 Å². The number of nitrogens with one attached hydrogen (secondary N) is 1. The van der Waals surface area contributed by atoms with E-state index in [0.29, 0.717) is 18.5 Å². The van der Waals surface area contributed by atoms with E-state index >= 15 is 0 Å². The zero-order chi connectivity index (χ0) is 13.7. The SMILES string of the molecule is CC(C)C[C@H](NCc1ccc(Cl)c(F)c1)C(=O)O. The zero-order valence-corrected chi connectivity index (χ0v) is 11.2. The van der Waals surface area contributed by atoms with Crippen molar-refractivity contribution in [2.24, 2.45) is 5.92 Å². The monoisotopic (exact) mass is 273 g/mol. The Morgan fingerprint density at radius 3 is 2.67 bits per heavy atom. The molecule has 18 heavy (non-hydrogen) atoms. The molecule has 0 aromatic heterocycles. The van der Waals surface area contributed by atoms with Crippen molar-refractivity contribution < 1.29 is 14.3 Å². The van der Waals surface area contributed by atoms with Gasteiger partial charge in [0.2, 0.25) is 0 Å². The quantitative estimate of drug-likeness (QED) is 0.837. The maximum Gasteiger partial charge on any atom is 0.320 e. The summed E-state index contributed by atoms with van der Waals surface area (Å²) in [7, 11) is 0. The Morgan fingerprint density at radius 1 is 1.50 bits per heavy atom. The Morgan fingerprint density at radius 2 is 2.17 bits per heavy atom. The lowest BCUT2D eigenvalue weighted by atomic mass is 10.0. The van der Waals surface area contributed by atoms with Crippen molar-refractivity contribution in [3.8, 4) is 0 Å². The highest BCUT2D eigenvalue weighted by atomic mass is 35.5. The molecule has 1 atom stereocenters. The van der Waals surface area contributed by atoms with E-state index in [0.717, 1.165) is 0 Å². The molecule has 0 fully saturated rings. The molecule has 1 aromatic rings. The average molecular weight is 274 g/mol. The molecule has 0 radical (unpaired) electrons. The smallest absolute Gasteiger partial charge is 0.320 e. The molecule has 100 valence electrons. The molecule has 1 rings (SSSR count). The average Bonchev–Trinajstić information content (AvgIpc) is 2.28. The van der Waals surface area contributed by atoms with Crippen LogP contribution in [0.3, 0.4) is 0 Å². The Balaban J connectivity index is 2.61. The third-order valence-electron chi connectivity index (χ3n) is 2.54. The molecular formula is C13H17ClFNO2. The first-order valence-electron chi connectivity index (χ1n) is 5.80. The zero-order valence-electron chi connectivity index (χ0n) is 10.4. The Labute approximate surface area is 111 Å². The van der Waals surface area contributed by atoms with E-state index in [2.05, 4.69) is 5.32 Å². The van der Waals surface area contributed by atoms with Crippen molar-refractivity contribution in [3.05, 3.63) is 34.6 Å². The standard InChI is InChI=1S/C13H17ClFNO2/c1-8(2)5-12(13(17)18)16-7-9-3-4-10(14)11(15)6-9/h3-4,6,8,12,16H,5,7H2,1-2H3,(H,17,18)/t12-/m0/s1. The van der Waals surface area contributed by atoms with E-state index in [1.165, 1.54) is 12.1 Å². The van der Waals surface area contributed by atoms with Crippen molar-refractivity contribution in [1.29, 1.82) is 0 Å². The number of hydrogen-bond donors (Lipinski definition) is 2. The number of carboxylic acid groups (broad SMARTS) is 1. The first kappa shape index (κ1) is 14.9. The van der Waals surface area contributed by atoms with Crippen LogP contribution in [0.15, 0.2) is 18.2 Å². The van der Waals surface area contributed by atoms with Gasteiger partial charge in [-0.15, -0.1) is 0 Å². The van der Waals surface area contributed by atoms with Crippen LogP contribution in [0.5, 0.6) is 0 Å². The first-order chi connectivity index (χ1) is 8.40. The fourth-order valence-electron chi connectivity index (χ4n) is 1.63. The molecule has 0 aliphatic rings. The van der Waals surface area contributed by atoms with E-state index in [1.54, 1.807) is 6.07 Å². The van der Waals surface area contributed by atoms with Gasteiger partial charge in [-0.3, -0.25) is 4.79 Å². The largest absolute Gasteiger partial charge is 0.480 e. The van der Waals surface area contributed by atoms with Gasteiger partial charge in [0.1, 0.15) is 11.9 Å². The number of rotatable bonds is 6. The summed E-state index contributed by atoms with van der Waals surface area (Å²) in [6.45, 7) is 4.22. The van der Waals surface area contributed by atoms with Crippen LogP contribution in [0.25, 0.3) is 0 Å². The molecule has 0 spiro atoms. The number of halogens is 2. The topological polar surface area (TPSA) is 49.3 Å². The molecule has 0 heterocycles. The summed E-state index contributed by atoms with van der Waals surface area (Å²) in [6, 6.07) is 3.83.